The van der Waals surface area contributed by atoms with Gasteiger partial charge in [0, 0.05) is 42.9 Å². The highest BCUT2D eigenvalue weighted by atomic mass is 35.5. The Balaban J connectivity index is 1.55. The summed E-state index contributed by atoms with van der Waals surface area (Å²) in [7, 11) is 1.53. The van der Waals surface area contributed by atoms with Crippen molar-refractivity contribution < 1.29 is 13.9 Å². The SMILES string of the molecule is COc1cc2ncnc(Nc3ccc(F)c(Cl)c3)c2cc1NC(=O)C=CCN1CC=CCC1. The lowest BCUT2D eigenvalue weighted by Gasteiger charge is -2.20. The first kappa shape index (κ1) is 22.7. The van der Waals surface area contributed by atoms with Crippen molar-refractivity contribution in [2.24, 2.45) is 0 Å². The average molecular weight is 468 g/mol. The number of carbonyl (C=O) groups is 1. The largest absolute Gasteiger partial charge is 0.494 e. The van der Waals surface area contributed by atoms with Crippen molar-refractivity contribution in [3.63, 3.8) is 0 Å². The minimum absolute atomic E-state index is 0.000320. The predicted octanol–water partition coefficient (Wildman–Crippen LogP) is 4.93. The molecule has 33 heavy (non-hydrogen) atoms. The molecule has 0 bridgehead atoms. The summed E-state index contributed by atoms with van der Waals surface area (Å²) < 4.78 is 18.9. The Morgan fingerprint density at radius 3 is 2.91 bits per heavy atom. The first-order valence-corrected chi connectivity index (χ1v) is 10.8. The van der Waals surface area contributed by atoms with Crippen LogP contribution in [0, 0.1) is 5.82 Å². The van der Waals surface area contributed by atoms with Crippen LogP contribution in [-0.4, -0.2) is 47.5 Å². The number of methoxy groups -OCH3 is 1. The van der Waals surface area contributed by atoms with Crippen LogP contribution in [0.5, 0.6) is 5.75 Å². The van der Waals surface area contributed by atoms with Crippen LogP contribution in [-0.2, 0) is 4.79 Å². The number of nitrogens with zero attached hydrogens (tertiary/aromatic N) is 3. The molecule has 2 aromatic carbocycles. The molecule has 1 aliphatic rings. The minimum Gasteiger partial charge on any atom is -0.494 e. The molecule has 1 aliphatic heterocycles. The second kappa shape index (κ2) is 10.4. The van der Waals surface area contributed by atoms with Gasteiger partial charge in [0.25, 0.3) is 0 Å². The van der Waals surface area contributed by atoms with Crippen LogP contribution < -0.4 is 15.4 Å². The molecule has 7 nitrogen and oxygen atoms in total. The molecule has 0 radical (unpaired) electrons. The normalized spacial score (nSPS) is 14.0. The highest BCUT2D eigenvalue weighted by Crippen LogP contribution is 2.33. The van der Waals surface area contributed by atoms with Gasteiger partial charge in [0.05, 0.1) is 23.3 Å². The molecule has 0 saturated heterocycles. The van der Waals surface area contributed by atoms with Gasteiger partial charge in [0.15, 0.2) is 0 Å². The standard InChI is InChI=1S/C24H23ClFN5O2/c1-33-22-14-20-17(24(28-15-27-20)29-16-7-8-19(26)18(25)12-16)13-21(22)30-23(32)6-5-11-31-9-3-2-4-10-31/h2-3,5-8,12-15H,4,9-11H2,1H3,(H,30,32)(H,27,28,29). The third-order valence-electron chi connectivity index (χ3n) is 5.17. The van der Waals surface area contributed by atoms with E-state index in [9.17, 15) is 9.18 Å². The van der Waals surface area contributed by atoms with Crippen LogP contribution in [0.4, 0.5) is 21.6 Å². The van der Waals surface area contributed by atoms with Gasteiger partial charge in [-0.3, -0.25) is 9.69 Å². The molecule has 9 heteroatoms. The van der Waals surface area contributed by atoms with Crippen molar-refractivity contribution in [3.8, 4) is 5.75 Å². The van der Waals surface area contributed by atoms with Crippen molar-refractivity contribution in [2.75, 3.05) is 37.4 Å². The van der Waals surface area contributed by atoms with E-state index in [0.29, 0.717) is 40.4 Å². The molecular formula is C24H23ClFN5O2. The van der Waals surface area contributed by atoms with E-state index >= 15 is 0 Å². The van der Waals surface area contributed by atoms with Crippen molar-refractivity contribution in [2.45, 2.75) is 6.42 Å². The summed E-state index contributed by atoms with van der Waals surface area (Å²) in [5.74, 6) is 0.181. The van der Waals surface area contributed by atoms with Gasteiger partial charge in [-0.25, -0.2) is 14.4 Å². The number of benzene rings is 2. The quantitative estimate of drug-likeness (QED) is 0.379. The second-order valence-corrected chi connectivity index (χ2v) is 7.86. The molecule has 0 fully saturated rings. The number of halogens is 2. The molecule has 1 aromatic heterocycles. The van der Waals surface area contributed by atoms with Gasteiger partial charge in [-0.1, -0.05) is 29.8 Å². The summed E-state index contributed by atoms with van der Waals surface area (Å²) in [5, 5.41) is 6.64. The van der Waals surface area contributed by atoms with Crippen LogP contribution in [0.25, 0.3) is 10.9 Å². The van der Waals surface area contributed by atoms with Crippen LogP contribution in [0.15, 0.2) is 61.0 Å². The van der Waals surface area contributed by atoms with Gasteiger partial charge in [-0.05, 0) is 30.7 Å². The number of aromatic nitrogens is 2. The van der Waals surface area contributed by atoms with Gasteiger partial charge < -0.3 is 15.4 Å². The van der Waals surface area contributed by atoms with Gasteiger partial charge in [0.2, 0.25) is 5.91 Å². The Bertz CT molecular complexity index is 1230. The van der Waals surface area contributed by atoms with Crippen LogP contribution in [0.2, 0.25) is 5.02 Å². The molecular weight excluding hydrogens is 445 g/mol. The van der Waals surface area contributed by atoms with Crippen molar-refractivity contribution in [3.05, 3.63) is 71.8 Å². The number of carbonyl (C=O) groups excluding carboxylic acids is 1. The lowest BCUT2D eigenvalue weighted by molar-refractivity contribution is -0.111. The van der Waals surface area contributed by atoms with E-state index in [1.807, 2.05) is 6.08 Å². The number of hydrogen-bond acceptors (Lipinski definition) is 6. The molecule has 0 atom stereocenters. The van der Waals surface area contributed by atoms with Gasteiger partial charge >= 0.3 is 0 Å². The monoisotopic (exact) mass is 467 g/mol. The second-order valence-electron chi connectivity index (χ2n) is 7.46. The predicted molar refractivity (Wildman–Crippen MR) is 129 cm³/mol. The zero-order chi connectivity index (χ0) is 23.2. The third-order valence-corrected chi connectivity index (χ3v) is 5.46. The van der Waals surface area contributed by atoms with E-state index in [0.717, 1.165) is 19.5 Å². The number of ether oxygens (including phenoxy) is 1. The fourth-order valence-corrected chi connectivity index (χ4v) is 3.68. The maximum Gasteiger partial charge on any atom is 0.248 e. The Labute approximate surface area is 195 Å². The average Bonchev–Trinajstić information content (AvgIpc) is 2.82. The maximum atomic E-state index is 13.5. The molecule has 2 N–H and O–H groups in total. The van der Waals surface area contributed by atoms with E-state index in [4.69, 9.17) is 16.3 Å². The summed E-state index contributed by atoms with van der Waals surface area (Å²) in [6.07, 6.45) is 10.1. The summed E-state index contributed by atoms with van der Waals surface area (Å²) in [5.41, 5.74) is 1.66. The summed E-state index contributed by atoms with van der Waals surface area (Å²) in [4.78, 5) is 23.4. The Hall–Kier alpha value is -3.49. The van der Waals surface area contributed by atoms with E-state index in [-0.39, 0.29) is 10.9 Å². The summed E-state index contributed by atoms with van der Waals surface area (Å²) in [6, 6.07) is 7.77. The van der Waals surface area contributed by atoms with Crippen LogP contribution in [0.3, 0.4) is 0 Å². The van der Waals surface area contributed by atoms with Crippen LogP contribution >= 0.6 is 11.6 Å². The molecule has 0 aliphatic carbocycles. The number of amides is 1. The Morgan fingerprint density at radius 2 is 2.15 bits per heavy atom. The summed E-state index contributed by atoms with van der Waals surface area (Å²) in [6.45, 7) is 2.57. The smallest absolute Gasteiger partial charge is 0.248 e. The van der Waals surface area contributed by atoms with E-state index in [1.165, 1.54) is 31.6 Å². The Morgan fingerprint density at radius 1 is 1.27 bits per heavy atom. The maximum absolute atomic E-state index is 13.5. The van der Waals surface area contributed by atoms with E-state index in [1.54, 1.807) is 18.2 Å². The molecule has 0 unspecified atom stereocenters. The highest BCUT2D eigenvalue weighted by Gasteiger charge is 2.13. The number of anilines is 3. The zero-order valence-electron chi connectivity index (χ0n) is 18.0. The number of rotatable bonds is 7. The van der Waals surface area contributed by atoms with Gasteiger partial charge in [0.1, 0.15) is 23.7 Å². The first-order chi connectivity index (χ1) is 16.0. The first-order valence-electron chi connectivity index (χ1n) is 10.4. The number of hydrogen-bond donors (Lipinski definition) is 2. The lowest BCUT2D eigenvalue weighted by Crippen LogP contribution is -2.27. The third kappa shape index (κ3) is 5.66. The van der Waals surface area contributed by atoms with Crippen molar-refractivity contribution in [1.29, 1.82) is 0 Å². The molecule has 170 valence electrons. The number of fused-ring (bicyclic) bond motifs is 1. The molecule has 2 heterocycles. The fourth-order valence-electron chi connectivity index (χ4n) is 3.50. The van der Waals surface area contributed by atoms with E-state index < -0.39 is 5.82 Å². The van der Waals surface area contributed by atoms with E-state index in [2.05, 4.69) is 37.7 Å². The minimum atomic E-state index is -0.505. The van der Waals surface area contributed by atoms with Gasteiger partial charge in [-0.15, -0.1) is 0 Å². The van der Waals surface area contributed by atoms with Crippen LogP contribution in [0.1, 0.15) is 6.42 Å². The zero-order valence-corrected chi connectivity index (χ0v) is 18.8. The highest BCUT2D eigenvalue weighted by molar-refractivity contribution is 6.31. The molecule has 0 spiro atoms. The lowest BCUT2D eigenvalue weighted by atomic mass is 10.1. The van der Waals surface area contributed by atoms with Crippen molar-refractivity contribution in [1.82, 2.24) is 14.9 Å². The Kier molecular flexibility index (Phi) is 7.16. The number of nitrogens with one attached hydrogen (secondary N) is 2. The van der Waals surface area contributed by atoms with Crippen molar-refractivity contribution >= 4 is 45.6 Å². The molecule has 3 aromatic rings. The fraction of sp³-hybridized carbons (Fsp3) is 0.208. The molecule has 4 rings (SSSR count). The molecule has 1 amide bonds. The summed E-state index contributed by atoms with van der Waals surface area (Å²) >= 11 is 5.89. The molecule has 0 saturated carbocycles. The van der Waals surface area contributed by atoms with Gasteiger partial charge in [-0.2, -0.15) is 0 Å². The topological polar surface area (TPSA) is 79.4 Å².